The number of H-pyrrole nitrogens is 1. The summed E-state index contributed by atoms with van der Waals surface area (Å²) in [7, 11) is 0. The van der Waals surface area contributed by atoms with Crippen LogP contribution in [0, 0.1) is 6.92 Å². The summed E-state index contributed by atoms with van der Waals surface area (Å²) in [5, 5.41) is 5.25. The van der Waals surface area contributed by atoms with Crippen LogP contribution in [-0.4, -0.2) is 40.1 Å². The molecule has 2 amide bonds. The maximum Gasteiger partial charge on any atom is 0.355 e. The minimum absolute atomic E-state index is 0.160. The predicted molar refractivity (Wildman–Crippen MR) is 107 cm³/mol. The van der Waals surface area contributed by atoms with E-state index in [1.165, 1.54) is 26.1 Å². The highest BCUT2D eigenvalue weighted by molar-refractivity contribution is 6.34. The van der Waals surface area contributed by atoms with Crippen molar-refractivity contribution >= 4 is 46.7 Å². The number of esters is 1. The quantitative estimate of drug-likeness (QED) is 0.404. The van der Waals surface area contributed by atoms with E-state index in [4.69, 9.17) is 4.74 Å². The molecule has 0 aromatic carbocycles. The molecule has 3 heterocycles. The number of fused-ring (bicyclic) bond motifs is 1. The number of ketones is 1. The van der Waals surface area contributed by atoms with Crippen LogP contribution in [0.4, 0.5) is 11.5 Å². The highest BCUT2D eigenvalue weighted by atomic mass is 16.5. The van der Waals surface area contributed by atoms with Crippen LogP contribution in [0.25, 0.3) is 11.6 Å². The van der Waals surface area contributed by atoms with Gasteiger partial charge in [0.2, 0.25) is 5.91 Å². The van der Waals surface area contributed by atoms with Crippen molar-refractivity contribution in [3.8, 4) is 0 Å². The van der Waals surface area contributed by atoms with Crippen molar-refractivity contribution < 1.29 is 23.9 Å². The monoisotopic (exact) mass is 396 g/mol. The SMILES string of the molecule is CCOC(=O)c1[nH]c(C=C2C(=O)Nc3ncc(NC(C)=O)cc32)c(C(C)=O)c1C. The number of nitrogens with one attached hydrogen (secondary N) is 3. The number of Topliss-reactive ketones (excluding diaryl/α,β-unsaturated/α-hetero) is 1. The lowest BCUT2D eigenvalue weighted by molar-refractivity contribution is -0.114. The second-order valence-electron chi connectivity index (χ2n) is 6.50. The number of hydrogen-bond donors (Lipinski definition) is 3. The standard InChI is InChI=1S/C20H20N4O5/c1-5-29-20(28)17-9(2)16(10(3)25)15(23-17)7-14-13-6-12(22-11(4)26)8-21-18(13)24-19(14)27/h6-8,23H,5H2,1-4H3,(H,22,26)(H,21,24,27). The Labute approximate surface area is 166 Å². The van der Waals surface area contributed by atoms with Gasteiger partial charge >= 0.3 is 5.97 Å². The number of aromatic amines is 1. The van der Waals surface area contributed by atoms with E-state index in [-0.39, 0.29) is 29.6 Å². The average molecular weight is 396 g/mol. The highest BCUT2D eigenvalue weighted by Crippen LogP contribution is 2.34. The van der Waals surface area contributed by atoms with Gasteiger partial charge in [-0.3, -0.25) is 14.4 Å². The Balaban J connectivity index is 2.13. The van der Waals surface area contributed by atoms with Crippen LogP contribution in [-0.2, 0) is 14.3 Å². The van der Waals surface area contributed by atoms with Crippen molar-refractivity contribution in [2.75, 3.05) is 17.2 Å². The van der Waals surface area contributed by atoms with Crippen LogP contribution in [0.15, 0.2) is 12.3 Å². The molecule has 0 atom stereocenters. The molecule has 3 N–H and O–H groups in total. The first-order valence-electron chi connectivity index (χ1n) is 8.94. The fraction of sp³-hybridized carbons (Fsp3) is 0.250. The Hall–Kier alpha value is -3.75. The molecular weight excluding hydrogens is 376 g/mol. The van der Waals surface area contributed by atoms with Crippen molar-refractivity contribution in [2.24, 2.45) is 0 Å². The lowest BCUT2D eigenvalue weighted by Crippen LogP contribution is -2.07. The van der Waals surface area contributed by atoms with Gasteiger partial charge < -0.3 is 20.4 Å². The van der Waals surface area contributed by atoms with Gasteiger partial charge in [0.25, 0.3) is 5.91 Å². The number of anilines is 2. The Bertz CT molecular complexity index is 1080. The summed E-state index contributed by atoms with van der Waals surface area (Å²) in [6, 6.07) is 1.61. The molecule has 0 saturated carbocycles. The normalized spacial score (nSPS) is 13.8. The van der Waals surface area contributed by atoms with Crippen molar-refractivity contribution in [3.63, 3.8) is 0 Å². The van der Waals surface area contributed by atoms with Gasteiger partial charge in [-0.05, 0) is 38.5 Å². The molecule has 0 bridgehead atoms. The zero-order valence-corrected chi connectivity index (χ0v) is 16.4. The molecule has 0 radical (unpaired) electrons. The summed E-state index contributed by atoms with van der Waals surface area (Å²) in [6.45, 7) is 6.26. The number of hydrogen-bond acceptors (Lipinski definition) is 6. The molecule has 150 valence electrons. The number of carbonyl (C=O) groups excluding carboxylic acids is 4. The number of aromatic nitrogens is 2. The third-order valence-electron chi connectivity index (χ3n) is 4.37. The highest BCUT2D eigenvalue weighted by Gasteiger charge is 2.28. The van der Waals surface area contributed by atoms with Crippen LogP contribution < -0.4 is 10.6 Å². The van der Waals surface area contributed by atoms with Gasteiger partial charge in [0, 0.05) is 18.1 Å². The lowest BCUT2D eigenvalue weighted by atomic mass is 10.0. The van der Waals surface area contributed by atoms with E-state index in [9.17, 15) is 19.2 Å². The van der Waals surface area contributed by atoms with Gasteiger partial charge in [-0.2, -0.15) is 0 Å². The molecule has 2 aromatic heterocycles. The molecule has 0 fully saturated rings. The maximum atomic E-state index is 12.5. The number of carbonyl (C=O) groups is 4. The Morgan fingerprint density at radius 1 is 1.28 bits per heavy atom. The zero-order valence-electron chi connectivity index (χ0n) is 16.4. The first-order valence-corrected chi connectivity index (χ1v) is 8.94. The molecule has 0 unspecified atom stereocenters. The number of ether oxygens (including phenoxy) is 1. The topological polar surface area (TPSA) is 130 Å². The van der Waals surface area contributed by atoms with E-state index >= 15 is 0 Å². The summed E-state index contributed by atoms with van der Waals surface area (Å²) in [5.74, 6) is -1.18. The fourth-order valence-electron chi connectivity index (χ4n) is 3.21. The Morgan fingerprint density at radius 3 is 2.62 bits per heavy atom. The summed E-state index contributed by atoms with van der Waals surface area (Å²) < 4.78 is 5.03. The molecule has 3 rings (SSSR count). The predicted octanol–water partition coefficient (Wildman–Crippen LogP) is 2.55. The summed E-state index contributed by atoms with van der Waals surface area (Å²) >= 11 is 0. The molecule has 0 aliphatic carbocycles. The van der Waals surface area contributed by atoms with Crippen LogP contribution in [0.3, 0.4) is 0 Å². The second-order valence-corrected chi connectivity index (χ2v) is 6.50. The minimum atomic E-state index is -0.581. The van der Waals surface area contributed by atoms with E-state index in [1.807, 2.05) is 0 Å². The largest absolute Gasteiger partial charge is 0.461 e. The minimum Gasteiger partial charge on any atom is -0.461 e. The smallest absolute Gasteiger partial charge is 0.355 e. The molecule has 2 aromatic rings. The molecule has 0 spiro atoms. The van der Waals surface area contributed by atoms with Crippen LogP contribution in [0.1, 0.15) is 58.4 Å². The fourth-order valence-corrected chi connectivity index (χ4v) is 3.21. The van der Waals surface area contributed by atoms with E-state index in [0.717, 1.165) is 0 Å². The summed E-state index contributed by atoms with van der Waals surface area (Å²) in [6.07, 6.45) is 2.93. The van der Waals surface area contributed by atoms with Gasteiger partial charge in [0.05, 0.1) is 29.8 Å². The van der Waals surface area contributed by atoms with E-state index in [0.29, 0.717) is 33.9 Å². The third-order valence-corrected chi connectivity index (χ3v) is 4.37. The second kappa shape index (κ2) is 7.70. The average Bonchev–Trinajstić information content (AvgIpc) is 3.12. The molecular formula is C20H20N4O5. The third kappa shape index (κ3) is 3.79. The molecule has 1 aliphatic rings. The van der Waals surface area contributed by atoms with Crippen molar-refractivity contribution in [3.05, 3.63) is 40.3 Å². The molecule has 1 aliphatic heterocycles. The molecule has 9 heteroatoms. The van der Waals surface area contributed by atoms with Gasteiger partial charge in [0.1, 0.15) is 11.5 Å². The number of nitrogens with zero attached hydrogens (tertiary/aromatic N) is 1. The maximum absolute atomic E-state index is 12.5. The van der Waals surface area contributed by atoms with E-state index in [1.54, 1.807) is 19.9 Å². The zero-order chi connectivity index (χ0) is 21.3. The van der Waals surface area contributed by atoms with Crippen LogP contribution >= 0.6 is 0 Å². The Kier molecular flexibility index (Phi) is 5.31. The summed E-state index contributed by atoms with van der Waals surface area (Å²) in [5.41, 5.74) is 2.38. The lowest BCUT2D eigenvalue weighted by Gasteiger charge is -2.04. The van der Waals surface area contributed by atoms with Gasteiger partial charge in [-0.25, -0.2) is 9.78 Å². The number of rotatable bonds is 5. The van der Waals surface area contributed by atoms with E-state index in [2.05, 4.69) is 20.6 Å². The van der Waals surface area contributed by atoms with E-state index < -0.39 is 11.9 Å². The van der Waals surface area contributed by atoms with Crippen LogP contribution in [0.5, 0.6) is 0 Å². The number of pyridine rings is 1. The van der Waals surface area contributed by atoms with Crippen molar-refractivity contribution in [1.29, 1.82) is 0 Å². The van der Waals surface area contributed by atoms with Gasteiger partial charge in [0.15, 0.2) is 5.78 Å². The first-order chi connectivity index (χ1) is 13.7. The summed E-state index contributed by atoms with van der Waals surface area (Å²) in [4.78, 5) is 55.2. The molecule has 9 nitrogen and oxygen atoms in total. The van der Waals surface area contributed by atoms with Crippen molar-refractivity contribution in [2.45, 2.75) is 27.7 Å². The first kappa shape index (κ1) is 20.0. The number of amides is 2. The van der Waals surface area contributed by atoms with Crippen LogP contribution in [0.2, 0.25) is 0 Å². The van der Waals surface area contributed by atoms with Gasteiger partial charge in [-0.1, -0.05) is 0 Å². The molecule has 29 heavy (non-hydrogen) atoms. The van der Waals surface area contributed by atoms with Crippen molar-refractivity contribution in [1.82, 2.24) is 9.97 Å². The Morgan fingerprint density at radius 2 is 2.00 bits per heavy atom. The molecule has 0 saturated heterocycles. The van der Waals surface area contributed by atoms with Gasteiger partial charge in [-0.15, -0.1) is 0 Å².